The van der Waals surface area contributed by atoms with Crippen molar-refractivity contribution in [2.75, 3.05) is 6.54 Å². The van der Waals surface area contributed by atoms with E-state index in [0.717, 1.165) is 6.54 Å². The third-order valence-corrected chi connectivity index (χ3v) is 0.423. The summed E-state index contributed by atoms with van der Waals surface area (Å²) in [6.45, 7) is 4.93. The van der Waals surface area contributed by atoms with Crippen LogP contribution >= 0.6 is 0 Å². The number of rotatable bonds is 3. The van der Waals surface area contributed by atoms with Crippen LogP contribution in [0.15, 0.2) is 0 Å². The summed E-state index contributed by atoms with van der Waals surface area (Å²) in [4.78, 5) is 0. The van der Waals surface area contributed by atoms with Crippen LogP contribution in [0.1, 0.15) is 6.92 Å². The molecule has 6 heavy (non-hydrogen) atoms. The lowest BCUT2D eigenvalue weighted by Crippen LogP contribution is -2.32. The Hall–Kier alpha value is -0.0151. The van der Waals surface area contributed by atoms with Crippen molar-refractivity contribution in [1.29, 1.82) is 0 Å². The Bertz CT molecular complexity index is 20.8. The molecule has 0 rings (SSSR count). The molecule has 0 heterocycles. The highest BCUT2D eigenvalue weighted by molar-refractivity contribution is 6.29. The summed E-state index contributed by atoms with van der Waals surface area (Å²) >= 11 is 0. The molecule has 1 radical (unpaired) electrons. The number of nitrogens with one attached hydrogen (secondary N) is 2. The zero-order valence-corrected chi connectivity index (χ0v) is 4.28. The Labute approximate surface area is 39.5 Å². The summed E-state index contributed by atoms with van der Waals surface area (Å²) in [5.74, 6) is 0. The van der Waals surface area contributed by atoms with Crippen molar-refractivity contribution in [3.05, 3.63) is 0 Å². The van der Waals surface area contributed by atoms with E-state index in [4.69, 9.17) is 0 Å². The van der Waals surface area contributed by atoms with Gasteiger partial charge in [-0.3, -0.25) is 5.43 Å². The largest absolute Gasteiger partial charge is 0.303 e. The van der Waals surface area contributed by atoms with E-state index in [9.17, 15) is 0 Å². The minimum atomic E-state index is 0.963. The molecular weight excluding hydrogens is 74.9 g/mol. The fourth-order valence-corrected chi connectivity index (χ4v) is 0.204. The van der Waals surface area contributed by atoms with Crippen molar-refractivity contribution in [2.24, 2.45) is 0 Å². The second kappa shape index (κ2) is 4.98. The number of hydrogen-bond donors (Lipinski definition) is 2. The van der Waals surface area contributed by atoms with Gasteiger partial charge in [0, 0.05) is 6.54 Å². The molecule has 0 spiro atoms. The summed E-state index contributed by atoms with van der Waals surface area (Å²) in [6.07, 6.45) is 0. The lowest BCUT2D eigenvalue weighted by atomic mass is 10.0. The van der Waals surface area contributed by atoms with E-state index in [1.54, 1.807) is 0 Å². The molecule has 0 atom stereocenters. The average Bonchev–Trinajstić information content (AvgIpc) is 1.61. The second-order valence-corrected chi connectivity index (χ2v) is 0.963. The summed E-state index contributed by atoms with van der Waals surface area (Å²) in [6, 6.07) is 0. The number of hydrazine groups is 1. The third kappa shape index (κ3) is 3.98. The molecule has 0 aromatic rings. The van der Waals surface area contributed by atoms with Crippen molar-refractivity contribution in [3.63, 3.8) is 0 Å². The average molecular weight is 84.9 g/mol. The first-order chi connectivity index (χ1) is 2.91. The molecule has 3 heteroatoms. The Balaban J connectivity index is 2.34. The molecule has 2 nitrogen and oxygen atoms in total. The summed E-state index contributed by atoms with van der Waals surface area (Å²) < 4.78 is 0. The van der Waals surface area contributed by atoms with Gasteiger partial charge in [0.25, 0.3) is 0 Å². The maximum atomic E-state index is 2.89. The van der Waals surface area contributed by atoms with Crippen LogP contribution < -0.4 is 10.8 Å². The van der Waals surface area contributed by atoms with Gasteiger partial charge in [-0.05, 0) is 0 Å². The van der Waals surface area contributed by atoms with Crippen LogP contribution in [-0.2, 0) is 0 Å². The van der Waals surface area contributed by atoms with Crippen molar-refractivity contribution in [3.8, 4) is 0 Å². The highest BCUT2D eigenvalue weighted by Gasteiger charge is 1.71. The third-order valence-electron chi connectivity index (χ3n) is 0.423. The van der Waals surface area contributed by atoms with E-state index >= 15 is 0 Å². The van der Waals surface area contributed by atoms with Crippen molar-refractivity contribution in [2.45, 2.75) is 13.7 Å². The molecule has 35 valence electrons. The van der Waals surface area contributed by atoms with Gasteiger partial charge >= 0.3 is 0 Å². The Morgan fingerprint density at radius 2 is 2.33 bits per heavy atom. The lowest BCUT2D eigenvalue weighted by Gasteiger charge is -1.94. The van der Waals surface area contributed by atoms with E-state index < -0.39 is 0 Å². The van der Waals surface area contributed by atoms with Gasteiger partial charge in [-0.15, -0.1) is 0 Å². The molecule has 0 saturated carbocycles. The number of hydrogen-bond acceptors (Lipinski definition) is 2. The lowest BCUT2D eigenvalue weighted by molar-refractivity contribution is 0.704. The van der Waals surface area contributed by atoms with E-state index in [-0.39, 0.29) is 0 Å². The van der Waals surface area contributed by atoms with Crippen LogP contribution in [0.25, 0.3) is 0 Å². The quantitative estimate of drug-likeness (QED) is 0.281. The molecular formula is C3H10BN2. The first-order valence-electron chi connectivity index (χ1n) is 2.18. The summed E-state index contributed by atoms with van der Waals surface area (Å²) in [5, 5.41) is 2.82. The maximum absolute atomic E-state index is 2.89. The predicted molar refractivity (Wildman–Crippen MR) is 28.4 cm³/mol. The second-order valence-electron chi connectivity index (χ2n) is 0.963. The van der Waals surface area contributed by atoms with Crippen LogP contribution in [0.3, 0.4) is 0 Å². The highest BCUT2D eigenvalue weighted by atomic mass is 15.3. The van der Waals surface area contributed by atoms with Gasteiger partial charge in [-0.25, -0.2) is 0 Å². The van der Waals surface area contributed by atoms with Gasteiger partial charge in [-0.1, -0.05) is 13.7 Å². The predicted octanol–water partition coefficient (Wildman–Crippen LogP) is -0.232. The van der Waals surface area contributed by atoms with Gasteiger partial charge < -0.3 is 5.34 Å². The molecule has 0 aliphatic carbocycles. The van der Waals surface area contributed by atoms with Crippen LogP contribution in [0.5, 0.6) is 0 Å². The molecule has 2 N–H and O–H groups in total. The topological polar surface area (TPSA) is 24.1 Å². The minimum Gasteiger partial charge on any atom is -0.303 e. The molecule has 0 unspecified atom stereocenters. The molecule has 0 aromatic carbocycles. The molecule has 0 aliphatic heterocycles. The van der Waals surface area contributed by atoms with Crippen LogP contribution in [-0.4, -0.2) is 14.0 Å². The normalized spacial score (nSPS) is 8.33. The fourth-order valence-electron chi connectivity index (χ4n) is 0.204. The Morgan fingerprint density at radius 1 is 1.67 bits per heavy atom. The van der Waals surface area contributed by atoms with Gasteiger partial charge in [0.1, 0.15) is 0 Å². The summed E-state index contributed by atoms with van der Waals surface area (Å²) in [7, 11) is 1.85. The van der Waals surface area contributed by atoms with Gasteiger partial charge in [0.15, 0.2) is 0 Å². The first-order valence-corrected chi connectivity index (χ1v) is 2.18. The smallest absolute Gasteiger partial charge is 0.221 e. The van der Waals surface area contributed by atoms with Crippen LogP contribution in [0.2, 0.25) is 6.82 Å². The van der Waals surface area contributed by atoms with E-state index in [2.05, 4.69) is 10.8 Å². The van der Waals surface area contributed by atoms with Gasteiger partial charge in [-0.2, -0.15) is 0 Å². The zero-order chi connectivity index (χ0) is 4.83. The Morgan fingerprint density at radius 3 is 2.50 bits per heavy atom. The van der Waals surface area contributed by atoms with E-state index in [0.29, 0.717) is 0 Å². The molecule has 0 amide bonds. The molecule has 0 bridgehead atoms. The monoisotopic (exact) mass is 85.1 g/mol. The summed E-state index contributed by atoms with van der Waals surface area (Å²) in [5.41, 5.74) is 2.89. The molecule has 0 aliphatic rings. The molecule has 0 saturated heterocycles. The van der Waals surface area contributed by atoms with Gasteiger partial charge in [0.2, 0.25) is 7.41 Å². The van der Waals surface area contributed by atoms with Crippen molar-refractivity contribution >= 4 is 7.41 Å². The highest BCUT2D eigenvalue weighted by Crippen LogP contribution is 1.42. The zero-order valence-electron chi connectivity index (χ0n) is 4.28. The standard InChI is InChI=1S/C3H10BN2/c1-3-5-6-4-2/h5-6H,3H2,1-2H3. The maximum Gasteiger partial charge on any atom is 0.221 e. The van der Waals surface area contributed by atoms with E-state index in [1.165, 1.54) is 0 Å². The molecule has 0 aromatic heterocycles. The van der Waals surface area contributed by atoms with Gasteiger partial charge in [0.05, 0.1) is 0 Å². The molecule has 0 fully saturated rings. The van der Waals surface area contributed by atoms with Crippen LogP contribution in [0.4, 0.5) is 0 Å². The van der Waals surface area contributed by atoms with Crippen LogP contribution in [0, 0.1) is 0 Å². The van der Waals surface area contributed by atoms with Crippen molar-refractivity contribution in [1.82, 2.24) is 10.8 Å². The first kappa shape index (κ1) is 5.98. The minimum absolute atomic E-state index is 0.963. The SMILES string of the molecule is C[B]NNCC. The van der Waals surface area contributed by atoms with E-state index in [1.807, 2.05) is 21.2 Å². The van der Waals surface area contributed by atoms with Crippen molar-refractivity contribution < 1.29 is 0 Å². The fraction of sp³-hybridized carbons (Fsp3) is 1.00. The Kier molecular flexibility index (Phi) is 4.97.